The van der Waals surface area contributed by atoms with Gasteiger partial charge in [-0.25, -0.2) is 0 Å². The molecule has 0 bridgehead atoms. The van der Waals surface area contributed by atoms with Crippen LogP contribution in [0.5, 0.6) is 0 Å². The molecule has 2 N–H and O–H groups in total. The van der Waals surface area contributed by atoms with Gasteiger partial charge in [-0.05, 0) is 57.2 Å². The van der Waals surface area contributed by atoms with Gasteiger partial charge in [-0.3, -0.25) is 10.9 Å². The molecule has 1 fully saturated rings. The van der Waals surface area contributed by atoms with Gasteiger partial charge in [-0.15, -0.1) is 0 Å². The highest BCUT2D eigenvalue weighted by atomic mass is 15.4. The van der Waals surface area contributed by atoms with Crippen molar-refractivity contribution in [2.45, 2.75) is 52.6 Å². The van der Waals surface area contributed by atoms with Gasteiger partial charge in [0.1, 0.15) is 0 Å². The number of nitrogens with one attached hydrogen (secondary N) is 2. The fraction of sp³-hybridized carbons (Fsp3) is 0.571. The van der Waals surface area contributed by atoms with Gasteiger partial charge in [0.05, 0.1) is 0 Å². The van der Waals surface area contributed by atoms with E-state index in [4.69, 9.17) is 0 Å². The average Bonchev–Trinajstić information content (AvgIpc) is 2.58. The summed E-state index contributed by atoms with van der Waals surface area (Å²) in [5.41, 5.74) is 12.4. The summed E-state index contributed by atoms with van der Waals surface area (Å²) in [6.07, 6.45) is 2.35. The van der Waals surface area contributed by atoms with Crippen molar-refractivity contribution in [2.24, 2.45) is 0 Å². The molecule has 1 heterocycles. The first-order valence-corrected chi connectivity index (χ1v) is 6.14. The molecule has 0 radical (unpaired) electrons. The van der Waals surface area contributed by atoms with Crippen molar-refractivity contribution in [3.8, 4) is 0 Å². The number of hydrogen-bond acceptors (Lipinski definition) is 2. The number of rotatable bonds is 2. The zero-order chi connectivity index (χ0) is 11.7. The van der Waals surface area contributed by atoms with Gasteiger partial charge in [0.25, 0.3) is 0 Å². The maximum atomic E-state index is 3.37. The lowest BCUT2D eigenvalue weighted by Gasteiger charge is -2.15. The van der Waals surface area contributed by atoms with Crippen LogP contribution in [0.25, 0.3) is 0 Å². The first-order chi connectivity index (χ1) is 7.56. The predicted octanol–water partition coefficient (Wildman–Crippen LogP) is 2.41. The van der Waals surface area contributed by atoms with Crippen LogP contribution in [-0.2, 0) is 6.42 Å². The molecule has 1 aromatic rings. The van der Waals surface area contributed by atoms with E-state index in [9.17, 15) is 0 Å². The normalized spacial score (nSPS) is 25.0. The van der Waals surface area contributed by atoms with E-state index in [1.165, 1.54) is 28.7 Å². The molecular formula is C14H22N2. The molecule has 2 atom stereocenters. The van der Waals surface area contributed by atoms with Crippen molar-refractivity contribution in [3.05, 3.63) is 34.4 Å². The molecule has 88 valence electrons. The van der Waals surface area contributed by atoms with E-state index in [1.54, 1.807) is 0 Å². The van der Waals surface area contributed by atoms with Crippen LogP contribution in [0.3, 0.4) is 0 Å². The summed E-state index contributed by atoms with van der Waals surface area (Å²) in [4.78, 5) is 0. The number of benzene rings is 1. The molecule has 0 saturated carbocycles. The van der Waals surface area contributed by atoms with Gasteiger partial charge in [0.15, 0.2) is 0 Å². The van der Waals surface area contributed by atoms with Crippen LogP contribution in [0.2, 0.25) is 0 Å². The second-order valence-corrected chi connectivity index (χ2v) is 5.20. The van der Waals surface area contributed by atoms with Gasteiger partial charge >= 0.3 is 0 Å². The Labute approximate surface area is 98.4 Å². The Hall–Kier alpha value is -0.860. The maximum Gasteiger partial charge on any atom is 0.0268 e. The number of hydrazine groups is 1. The smallest absolute Gasteiger partial charge is 0.0268 e. The van der Waals surface area contributed by atoms with Crippen LogP contribution in [0, 0.1) is 20.8 Å². The van der Waals surface area contributed by atoms with Gasteiger partial charge < -0.3 is 0 Å². The zero-order valence-electron chi connectivity index (χ0n) is 10.7. The van der Waals surface area contributed by atoms with Gasteiger partial charge in [-0.1, -0.05) is 17.7 Å². The van der Waals surface area contributed by atoms with Gasteiger partial charge in [0.2, 0.25) is 0 Å². The molecule has 0 spiro atoms. The zero-order valence-corrected chi connectivity index (χ0v) is 10.7. The molecule has 0 aliphatic carbocycles. The predicted molar refractivity (Wildman–Crippen MR) is 68.5 cm³/mol. The Morgan fingerprint density at radius 1 is 1.12 bits per heavy atom. The Balaban J connectivity index is 2.15. The van der Waals surface area contributed by atoms with Crippen LogP contribution in [0.4, 0.5) is 0 Å². The van der Waals surface area contributed by atoms with E-state index in [2.05, 4.69) is 50.7 Å². The highest BCUT2D eigenvalue weighted by Gasteiger charge is 2.21. The monoisotopic (exact) mass is 218 g/mol. The number of hydrogen-bond donors (Lipinski definition) is 2. The van der Waals surface area contributed by atoms with Crippen molar-refractivity contribution < 1.29 is 0 Å². The minimum Gasteiger partial charge on any atom is -0.255 e. The highest BCUT2D eigenvalue weighted by molar-refractivity contribution is 5.38. The van der Waals surface area contributed by atoms with Crippen LogP contribution >= 0.6 is 0 Å². The van der Waals surface area contributed by atoms with Crippen molar-refractivity contribution in [1.82, 2.24) is 10.9 Å². The first-order valence-electron chi connectivity index (χ1n) is 6.14. The minimum absolute atomic E-state index is 0.579. The van der Waals surface area contributed by atoms with E-state index in [-0.39, 0.29) is 0 Å². The summed E-state index contributed by atoms with van der Waals surface area (Å²) in [5.74, 6) is 0. The molecule has 1 saturated heterocycles. The summed E-state index contributed by atoms with van der Waals surface area (Å²) in [7, 11) is 0. The van der Waals surface area contributed by atoms with Crippen LogP contribution in [0.1, 0.15) is 35.6 Å². The van der Waals surface area contributed by atoms with Crippen molar-refractivity contribution >= 4 is 0 Å². The van der Waals surface area contributed by atoms with Crippen molar-refractivity contribution in [3.63, 3.8) is 0 Å². The quantitative estimate of drug-likeness (QED) is 0.796. The summed E-state index contributed by atoms with van der Waals surface area (Å²) in [6, 6.07) is 5.74. The summed E-state index contributed by atoms with van der Waals surface area (Å²) in [6.45, 7) is 8.84. The molecule has 0 aromatic heterocycles. The van der Waals surface area contributed by atoms with Gasteiger partial charge in [-0.2, -0.15) is 0 Å². The third kappa shape index (κ3) is 2.45. The second kappa shape index (κ2) is 4.56. The molecule has 2 rings (SSSR count). The molecule has 16 heavy (non-hydrogen) atoms. The van der Waals surface area contributed by atoms with E-state index in [0.29, 0.717) is 12.1 Å². The SMILES string of the molecule is Cc1cc(C)c(CC2CC(C)NN2)c(C)c1. The lowest BCUT2D eigenvalue weighted by atomic mass is 9.93. The second-order valence-electron chi connectivity index (χ2n) is 5.20. The van der Waals surface area contributed by atoms with Gasteiger partial charge in [0, 0.05) is 12.1 Å². The molecule has 2 unspecified atom stereocenters. The fourth-order valence-electron chi connectivity index (χ4n) is 2.72. The summed E-state index contributed by atoms with van der Waals surface area (Å²) >= 11 is 0. The van der Waals surface area contributed by atoms with E-state index in [1.807, 2.05) is 0 Å². The van der Waals surface area contributed by atoms with E-state index in [0.717, 1.165) is 6.42 Å². The largest absolute Gasteiger partial charge is 0.255 e. The van der Waals surface area contributed by atoms with Crippen molar-refractivity contribution in [2.75, 3.05) is 0 Å². The van der Waals surface area contributed by atoms with Crippen LogP contribution < -0.4 is 10.9 Å². The minimum atomic E-state index is 0.579. The molecule has 1 aliphatic rings. The summed E-state index contributed by atoms with van der Waals surface area (Å²) < 4.78 is 0. The Kier molecular flexibility index (Phi) is 3.31. The molecular weight excluding hydrogens is 196 g/mol. The third-order valence-corrected chi connectivity index (χ3v) is 3.46. The molecule has 0 amide bonds. The average molecular weight is 218 g/mol. The Bertz CT molecular complexity index is 361. The van der Waals surface area contributed by atoms with Crippen LogP contribution in [-0.4, -0.2) is 12.1 Å². The topological polar surface area (TPSA) is 24.1 Å². The molecule has 2 heteroatoms. The van der Waals surface area contributed by atoms with E-state index >= 15 is 0 Å². The maximum absolute atomic E-state index is 3.37. The summed E-state index contributed by atoms with van der Waals surface area (Å²) in [5, 5.41) is 0. The number of aryl methyl sites for hydroxylation is 3. The molecule has 2 nitrogen and oxygen atoms in total. The van der Waals surface area contributed by atoms with Crippen LogP contribution in [0.15, 0.2) is 12.1 Å². The lowest BCUT2D eigenvalue weighted by Crippen LogP contribution is -2.33. The highest BCUT2D eigenvalue weighted by Crippen LogP contribution is 2.20. The lowest BCUT2D eigenvalue weighted by molar-refractivity contribution is 0.541. The third-order valence-electron chi connectivity index (χ3n) is 3.46. The molecule has 1 aliphatic heterocycles. The molecule has 1 aromatic carbocycles. The Morgan fingerprint density at radius 3 is 2.25 bits per heavy atom. The van der Waals surface area contributed by atoms with E-state index < -0.39 is 0 Å². The standard InChI is InChI=1S/C14H22N2/c1-9-5-10(2)14(11(3)6-9)8-13-7-12(4)15-16-13/h5-6,12-13,15-16H,7-8H2,1-4H3. The first kappa shape index (κ1) is 11.6. The van der Waals surface area contributed by atoms with Crippen molar-refractivity contribution in [1.29, 1.82) is 0 Å². The fourth-order valence-corrected chi connectivity index (χ4v) is 2.72. The Morgan fingerprint density at radius 2 is 1.75 bits per heavy atom.